The van der Waals surface area contributed by atoms with Crippen LogP contribution in [0.1, 0.15) is 60.7 Å². The lowest BCUT2D eigenvalue weighted by Crippen LogP contribution is -2.48. The quantitative estimate of drug-likeness (QED) is 0.355. The number of aliphatic hydroxyl groups is 1. The molecule has 0 bridgehead atoms. The van der Waals surface area contributed by atoms with Gasteiger partial charge >= 0.3 is 0 Å². The number of nitrogens with zero attached hydrogens (tertiary/aromatic N) is 3. The van der Waals surface area contributed by atoms with Crippen LogP contribution in [0, 0.1) is 11.7 Å². The van der Waals surface area contributed by atoms with E-state index in [1.807, 2.05) is 13.8 Å². The summed E-state index contributed by atoms with van der Waals surface area (Å²) in [6, 6.07) is 11.6. The average Bonchev–Trinajstić information content (AvgIpc) is 3.06. The van der Waals surface area contributed by atoms with E-state index < -0.39 is 33.9 Å². The number of amides is 2. The summed E-state index contributed by atoms with van der Waals surface area (Å²) in [4.78, 5) is 34.4. The van der Waals surface area contributed by atoms with Gasteiger partial charge in [0.15, 0.2) is 0 Å². The standard InChI is InChI=1S/C34H43FN4O7S/c1-23-20-39(24(2)22-40)34(42)30-19-28(37-47(43,44)29-11-8-27(35)9-12-29)10-13-31(30)46-25(3)7-5-6-18-45-32(23)21-38(4)33(41)26-14-16-36-17-15-26/h8-17,19,23-25,32,37,40H,5-7,18,20-22H2,1-4H3/t23-,24-,25-,32-/m1/s1. The van der Waals surface area contributed by atoms with Crippen LogP contribution >= 0.6 is 0 Å². The molecule has 1 aliphatic heterocycles. The lowest BCUT2D eigenvalue weighted by atomic mass is 10.0. The fourth-order valence-electron chi connectivity index (χ4n) is 5.34. The van der Waals surface area contributed by atoms with Gasteiger partial charge in [-0.15, -0.1) is 0 Å². The Balaban J connectivity index is 1.66. The first-order valence-electron chi connectivity index (χ1n) is 15.7. The number of likely N-dealkylation sites (N-methyl/N-ethyl adjacent to an activating group) is 1. The second-order valence-electron chi connectivity index (χ2n) is 12.0. The third kappa shape index (κ3) is 9.49. The molecule has 2 amide bonds. The molecule has 0 spiro atoms. The third-order valence-corrected chi connectivity index (χ3v) is 9.55. The number of fused-ring (bicyclic) bond motifs is 1. The molecule has 1 aliphatic rings. The van der Waals surface area contributed by atoms with Crippen LogP contribution in [0.5, 0.6) is 5.75 Å². The molecule has 0 fully saturated rings. The molecule has 47 heavy (non-hydrogen) atoms. The number of halogens is 1. The van der Waals surface area contributed by atoms with Crippen molar-refractivity contribution >= 4 is 27.5 Å². The van der Waals surface area contributed by atoms with Crippen molar-refractivity contribution in [1.82, 2.24) is 14.8 Å². The predicted octanol–water partition coefficient (Wildman–Crippen LogP) is 4.59. The molecule has 254 valence electrons. The van der Waals surface area contributed by atoms with Crippen LogP contribution in [0.15, 0.2) is 71.9 Å². The van der Waals surface area contributed by atoms with Crippen LogP contribution in [-0.4, -0.2) is 91.7 Å². The van der Waals surface area contributed by atoms with E-state index in [9.17, 15) is 27.5 Å². The molecular weight excluding hydrogens is 627 g/mol. The van der Waals surface area contributed by atoms with Gasteiger partial charge in [0, 0.05) is 56.3 Å². The Kier molecular flexibility index (Phi) is 12.3. The van der Waals surface area contributed by atoms with Gasteiger partial charge in [-0.3, -0.25) is 19.3 Å². The second kappa shape index (κ2) is 16.2. The highest BCUT2D eigenvalue weighted by molar-refractivity contribution is 7.92. The number of aliphatic hydroxyl groups excluding tert-OH is 1. The van der Waals surface area contributed by atoms with E-state index in [1.54, 1.807) is 49.5 Å². The molecule has 0 aliphatic carbocycles. The summed E-state index contributed by atoms with van der Waals surface area (Å²) in [6.07, 6.45) is 4.64. The molecule has 0 unspecified atom stereocenters. The maximum absolute atomic E-state index is 14.3. The maximum atomic E-state index is 14.3. The fourth-order valence-corrected chi connectivity index (χ4v) is 6.39. The van der Waals surface area contributed by atoms with Gasteiger partial charge < -0.3 is 24.4 Å². The van der Waals surface area contributed by atoms with Gasteiger partial charge in [-0.25, -0.2) is 12.8 Å². The molecule has 2 aromatic carbocycles. The largest absolute Gasteiger partial charge is 0.490 e. The number of anilines is 1. The predicted molar refractivity (Wildman–Crippen MR) is 175 cm³/mol. The van der Waals surface area contributed by atoms with E-state index in [-0.39, 0.29) is 59.5 Å². The van der Waals surface area contributed by atoms with Crippen molar-refractivity contribution < 1.29 is 37.0 Å². The Morgan fingerprint density at radius 1 is 1.13 bits per heavy atom. The minimum Gasteiger partial charge on any atom is -0.490 e. The van der Waals surface area contributed by atoms with Crippen LogP contribution in [0.25, 0.3) is 0 Å². The zero-order chi connectivity index (χ0) is 34.1. The minimum atomic E-state index is -4.10. The number of pyridine rings is 1. The van der Waals surface area contributed by atoms with Crippen LogP contribution < -0.4 is 9.46 Å². The third-order valence-electron chi connectivity index (χ3n) is 8.16. The summed E-state index contributed by atoms with van der Waals surface area (Å²) in [5.74, 6) is -1.22. The first-order valence-corrected chi connectivity index (χ1v) is 17.2. The SMILES string of the molecule is C[C@@H]1CCCCO[C@H](CN(C)C(=O)c2ccncc2)[C@H](C)CN([C@H](C)CO)C(=O)c2cc(NS(=O)(=O)c3ccc(F)cc3)ccc2O1. The average molecular weight is 671 g/mol. The summed E-state index contributed by atoms with van der Waals surface area (Å²) < 4.78 is 54.6. The van der Waals surface area contributed by atoms with Crippen molar-refractivity contribution in [1.29, 1.82) is 0 Å². The van der Waals surface area contributed by atoms with Crippen molar-refractivity contribution in [2.24, 2.45) is 5.92 Å². The normalized spacial score (nSPS) is 20.3. The zero-order valence-electron chi connectivity index (χ0n) is 27.1. The van der Waals surface area contributed by atoms with E-state index >= 15 is 0 Å². The first kappa shape index (κ1) is 35.8. The molecule has 0 radical (unpaired) electrons. The first-order chi connectivity index (χ1) is 22.4. The number of nitrogens with one attached hydrogen (secondary N) is 1. The highest BCUT2D eigenvalue weighted by Crippen LogP contribution is 2.29. The second-order valence-corrected chi connectivity index (χ2v) is 13.7. The van der Waals surface area contributed by atoms with E-state index in [2.05, 4.69) is 9.71 Å². The summed E-state index contributed by atoms with van der Waals surface area (Å²) in [5, 5.41) is 10.2. The molecule has 2 N–H and O–H groups in total. The molecular formula is C34H43FN4O7S. The van der Waals surface area contributed by atoms with Gasteiger partial charge in [-0.2, -0.15) is 0 Å². The van der Waals surface area contributed by atoms with Gasteiger partial charge in [-0.05, 0) is 87.7 Å². The van der Waals surface area contributed by atoms with E-state index in [4.69, 9.17) is 9.47 Å². The number of ether oxygens (including phenoxy) is 2. The van der Waals surface area contributed by atoms with Gasteiger partial charge in [0.2, 0.25) is 0 Å². The van der Waals surface area contributed by atoms with Crippen LogP contribution in [-0.2, 0) is 14.8 Å². The Morgan fingerprint density at radius 2 is 1.83 bits per heavy atom. The number of carbonyl (C=O) groups excluding carboxylic acids is 2. The molecule has 3 aromatic rings. The number of carbonyl (C=O) groups is 2. The monoisotopic (exact) mass is 670 g/mol. The number of hydrogen-bond donors (Lipinski definition) is 2. The molecule has 4 atom stereocenters. The molecule has 2 heterocycles. The zero-order valence-corrected chi connectivity index (χ0v) is 28.0. The fraction of sp³-hybridized carbons (Fsp3) is 0.441. The van der Waals surface area contributed by atoms with Crippen LogP contribution in [0.2, 0.25) is 0 Å². The van der Waals surface area contributed by atoms with Crippen molar-refractivity contribution in [2.45, 2.75) is 63.2 Å². The van der Waals surface area contributed by atoms with Gasteiger partial charge in [0.05, 0.1) is 35.3 Å². The summed E-state index contributed by atoms with van der Waals surface area (Å²) in [5.41, 5.74) is 0.724. The maximum Gasteiger partial charge on any atom is 0.261 e. The van der Waals surface area contributed by atoms with Crippen molar-refractivity contribution in [3.63, 3.8) is 0 Å². The topological polar surface area (TPSA) is 138 Å². The Hall–Kier alpha value is -4.07. The van der Waals surface area contributed by atoms with Gasteiger partial charge in [-0.1, -0.05) is 6.92 Å². The van der Waals surface area contributed by atoms with Crippen molar-refractivity contribution in [3.05, 3.63) is 83.9 Å². The van der Waals surface area contributed by atoms with E-state index in [0.717, 1.165) is 37.1 Å². The smallest absolute Gasteiger partial charge is 0.261 e. The number of sulfonamides is 1. The summed E-state index contributed by atoms with van der Waals surface area (Å²) in [7, 11) is -2.40. The van der Waals surface area contributed by atoms with Crippen LogP contribution in [0.4, 0.5) is 10.1 Å². The number of aromatic nitrogens is 1. The Morgan fingerprint density at radius 3 is 2.51 bits per heavy atom. The lowest BCUT2D eigenvalue weighted by Gasteiger charge is -2.36. The van der Waals surface area contributed by atoms with Gasteiger partial charge in [0.25, 0.3) is 21.8 Å². The molecule has 0 saturated carbocycles. The van der Waals surface area contributed by atoms with Crippen molar-refractivity contribution in [3.8, 4) is 5.75 Å². The Bertz CT molecular complexity index is 1610. The molecule has 1 aromatic heterocycles. The van der Waals surface area contributed by atoms with E-state index in [0.29, 0.717) is 18.6 Å². The van der Waals surface area contributed by atoms with E-state index in [1.165, 1.54) is 17.0 Å². The minimum absolute atomic E-state index is 0.112. The number of hydrogen-bond acceptors (Lipinski definition) is 8. The summed E-state index contributed by atoms with van der Waals surface area (Å²) in [6.45, 7) is 6.10. The molecule has 11 nitrogen and oxygen atoms in total. The van der Waals surface area contributed by atoms with Crippen molar-refractivity contribution in [2.75, 3.05) is 38.1 Å². The highest BCUT2D eigenvalue weighted by Gasteiger charge is 2.31. The molecule has 0 saturated heterocycles. The number of rotatable bonds is 8. The Labute approximate surface area is 275 Å². The van der Waals surface area contributed by atoms with Gasteiger partial charge in [0.1, 0.15) is 11.6 Å². The number of benzene rings is 2. The summed E-state index contributed by atoms with van der Waals surface area (Å²) >= 11 is 0. The molecule has 4 rings (SSSR count). The van der Waals surface area contributed by atoms with Crippen LogP contribution in [0.3, 0.4) is 0 Å². The lowest BCUT2D eigenvalue weighted by molar-refractivity contribution is -0.0149. The molecule has 13 heteroatoms. The highest BCUT2D eigenvalue weighted by atomic mass is 32.2.